The van der Waals surface area contributed by atoms with E-state index in [1.807, 2.05) is 36.0 Å². The number of likely N-dealkylation sites (N-methyl/N-ethyl adjacent to an activating group) is 1. The molecule has 1 N–H and O–H groups in total. The third kappa shape index (κ3) is 4.35. The van der Waals surface area contributed by atoms with E-state index < -0.39 is 0 Å². The Morgan fingerprint density at radius 1 is 1.15 bits per heavy atom. The van der Waals surface area contributed by atoms with Crippen LogP contribution in [0, 0.1) is 11.8 Å². The van der Waals surface area contributed by atoms with Crippen molar-refractivity contribution in [2.24, 2.45) is 11.8 Å². The number of ether oxygens (including phenoxy) is 2. The SMILES string of the molecule is COc1cc2c(cc1OC)CN(C(=O)C1CC1C(=O)NCCN(C)C)CC2. The average molecular weight is 375 g/mol. The van der Waals surface area contributed by atoms with E-state index in [0.717, 1.165) is 18.5 Å². The van der Waals surface area contributed by atoms with E-state index in [4.69, 9.17) is 9.47 Å². The minimum absolute atomic E-state index is 0.000912. The van der Waals surface area contributed by atoms with Crippen molar-refractivity contribution >= 4 is 11.8 Å². The first-order valence-electron chi connectivity index (χ1n) is 9.39. The fraction of sp³-hybridized carbons (Fsp3) is 0.600. The highest BCUT2D eigenvalue weighted by Crippen LogP contribution is 2.41. The molecule has 1 heterocycles. The molecule has 7 heteroatoms. The van der Waals surface area contributed by atoms with Gasteiger partial charge < -0.3 is 24.6 Å². The zero-order valence-electron chi connectivity index (χ0n) is 16.6. The molecule has 1 aliphatic carbocycles. The minimum atomic E-state index is -0.175. The van der Waals surface area contributed by atoms with Gasteiger partial charge in [-0.1, -0.05) is 0 Å². The van der Waals surface area contributed by atoms with Crippen LogP contribution >= 0.6 is 0 Å². The number of benzene rings is 1. The first-order valence-corrected chi connectivity index (χ1v) is 9.39. The number of nitrogens with one attached hydrogen (secondary N) is 1. The van der Waals surface area contributed by atoms with Crippen molar-refractivity contribution in [1.82, 2.24) is 15.1 Å². The maximum absolute atomic E-state index is 12.8. The molecule has 2 amide bonds. The van der Waals surface area contributed by atoms with Crippen molar-refractivity contribution in [3.05, 3.63) is 23.3 Å². The van der Waals surface area contributed by atoms with E-state index in [1.54, 1.807) is 14.2 Å². The Bertz CT molecular complexity index is 719. The van der Waals surface area contributed by atoms with Gasteiger partial charge in [-0.15, -0.1) is 0 Å². The molecule has 1 aromatic carbocycles. The Morgan fingerprint density at radius 2 is 1.81 bits per heavy atom. The van der Waals surface area contributed by atoms with Crippen molar-refractivity contribution in [1.29, 1.82) is 0 Å². The Morgan fingerprint density at radius 3 is 2.44 bits per heavy atom. The molecule has 2 aliphatic rings. The van der Waals surface area contributed by atoms with E-state index in [1.165, 1.54) is 5.56 Å². The first kappa shape index (κ1) is 19.5. The van der Waals surface area contributed by atoms with Gasteiger partial charge in [0.15, 0.2) is 11.5 Å². The lowest BCUT2D eigenvalue weighted by Crippen LogP contribution is -2.38. The molecule has 1 saturated carbocycles. The molecule has 0 aromatic heterocycles. The topological polar surface area (TPSA) is 71.1 Å². The molecule has 7 nitrogen and oxygen atoms in total. The summed E-state index contributed by atoms with van der Waals surface area (Å²) in [5, 5.41) is 2.93. The summed E-state index contributed by atoms with van der Waals surface area (Å²) in [6, 6.07) is 3.94. The lowest BCUT2D eigenvalue weighted by Gasteiger charge is -2.30. The summed E-state index contributed by atoms with van der Waals surface area (Å²) in [5.41, 5.74) is 2.27. The van der Waals surface area contributed by atoms with Crippen LogP contribution in [0.2, 0.25) is 0 Å². The number of methoxy groups -OCH3 is 2. The Balaban J connectivity index is 1.58. The Kier molecular flexibility index (Phi) is 5.89. The van der Waals surface area contributed by atoms with Crippen molar-refractivity contribution in [3.63, 3.8) is 0 Å². The van der Waals surface area contributed by atoms with Gasteiger partial charge in [0.1, 0.15) is 0 Å². The van der Waals surface area contributed by atoms with Crippen LogP contribution in [0.4, 0.5) is 0 Å². The van der Waals surface area contributed by atoms with Crippen LogP contribution in [-0.4, -0.2) is 69.6 Å². The molecule has 0 radical (unpaired) electrons. The standard InChI is InChI=1S/C20H29N3O4/c1-22(2)8-6-21-19(24)15-11-16(15)20(25)23-7-5-13-9-17(26-3)18(27-4)10-14(13)12-23/h9-10,15-16H,5-8,11-12H2,1-4H3,(H,21,24). The molecule has 1 aromatic rings. The monoisotopic (exact) mass is 375 g/mol. The Labute approximate surface area is 160 Å². The maximum Gasteiger partial charge on any atom is 0.226 e. The van der Waals surface area contributed by atoms with Gasteiger partial charge in [0.05, 0.1) is 26.1 Å². The maximum atomic E-state index is 12.8. The average Bonchev–Trinajstić information content (AvgIpc) is 3.46. The number of hydrogen-bond donors (Lipinski definition) is 1. The summed E-state index contributed by atoms with van der Waals surface area (Å²) in [6.45, 7) is 2.64. The number of carbonyl (C=O) groups is 2. The van der Waals surface area contributed by atoms with E-state index in [9.17, 15) is 9.59 Å². The molecule has 3 rings (SSSR count). The predicted octanol–water partition coefficient (Wildman–Crippen LogP) is 0.902. The molecule has 2 atom stereocenters. The van der Waals surface area contributed by atoms with Crippen LogP contribution in [0.25, 0.3) is 0 Å². The van der Waals surface area contributed by atoms with Gasteiger partial charge >= 0.3 is 0 Å². The summed E-state index contributed by atoms with van der Waals surface area (Å²) in [6.07, 6.45) is 1.44. The molecular weight excluding hydrogens is 346 g/mol. The molecule has 27 heavy (non-hydrogen) atoms. The van der Waals surface area contributed by atoms with Crippen LogP contribution < -0.4 is 14.8 Å². The third-order valence-electron chi connectivity index (χ3n) is 5.33. The van der Waals surface area contributed by atoms with Crippen molar-refractivity contribution in [2.75, 3.05) is 47.9 Å². The first-order chi connectivity index (χ1) is 12.9. The summed E-state index contributed by atoms with van der Waals surface area (Å²) < 4.78 is 10.7. The molecule has 0 bridgehead atoms. The van der Waals surface area contributed by atoms with Crippen molar-refractivity contribution < 1.29 is 19.1 Å². The fourth-order valence-electron chi connectivity index (χ4n) is 3.60. The number of rotatable bonds is 7. The molecule has 0 spiro atoms. The van der Waals surface area contributed by atoms with Gasteiger partial charge in [-0.05, 0) is 50.2 Å². The zero-order valence-corrected chi connectivity index (χ0v) is 16.6. The van der Waals surface area contributed by atoms with E-state index in [0.29, 0.717) is 37.6 Å². The van der Waals surface area contributed by atoms with Crippen LogP contribution in [0.3, 0.4) is 0 Å². The van der Waals surface area contributed by atoms with Gasteiger partial charge in [-0.25, -0.2) is 0 Å². The second-order valence-corrected chi connectivity index (χ2v) is 7.53. The molecular formula is C20H29N3O4. The normalized spacial score (nSPS) is 20.9. The number of nitrogens with zero attached hydrogens (tertiary/aromatic N) is 2. The highest BCUT2D eigenvalue weighted by molar-refractivity contribution is 5.92. The van der Waals surface area contributed by atoms with E-state index >= 15 is 0 Å². The van der Waals surface area contributed by atoms with E-state index in [2.05, 4.69) is 5.32 Å². The molecule has 1 aliphatic heterocycles. The van der Waals surface area contributed by atoms with Gasteiger partial charge in [-0.3, -0.25) is 9.59 Å². The number of fused-ring (bicyclic) bond motifs is 1. The second-order valence-electron chi connectivity index (χ2n) is 7.53. The number of amides is 2. The highest BCUT2D eigenvalue weighted by Gasteiger charge is 2.49. The summed E-state index contributed by atoms with van der Waals surface area (Å²) in [7, 11) is 7.17. The fourth-order valence-corrected chi connectivity index (χ4v) is 3.60. The smallest absolute Gasteiger partial charge is 0.226 e. The minimum Gasteiger partial charge on any atom is -0.493 e. The Hall–Kier alpha value is -2.28. The number of hydrogen-bond acceptors (Lipinski definition) is 5. The number of carbonyl (C=O) groups excluding carboxylic acids is 2. The van der Waals surface area contributed by atoms with Gasteiger partial charge in [0.2, 0.25) is 11.8 Å². The van der Waals surface area contributed by atoms with Crippen LogP contribution in [0.5, 0.6) is 11.5 Å². The quantitative estimate of drug-likeness (QED) is 0.767. The zero-order chi connectivity index (χ0) is 19.6. The summed E-state index contributed by atoms with van der Waals surface area (Å²) in [4.78, 5) is 28.9. The summed E-state index contributed by atoms with van der Waals surface area (Å²) >= 11 is 0. The molecule has 2 unspecified atom stereocenters. The predicted molar refractivity (Wildman–Crippen MR) is 102 cm³/mol. The molecule has 148 valence electrons. The van der Waals surface area contributed by atoms with Crippen LogP contribution in [0.15, 0.2) is 12.1 Å². The van der Waals surface area contributed by atoms with Gasteiger partial charge in [0.25, 0.3) is 0 Å². The molecule has 0 saturated heterocycles. The third-order valence-corrected chi connectivity index (χ3v) is 5.33. The second kappa shape index (κ2) is 8.17. The van der Waals surface area contributed by atoms with Gasteiger partial charge in [0, 0.05) is 26.2 Å². The molecule has 1 fully saturated rings. The summed E-state index contributed by atoms with van der Waals surface area (Å²) in [5.74, 6) is 1.13. The highest BCUT2D eigenvalue weighted by atomic mass is 16.5. The van der Waals surface area contributed by atoms with Crippen LogP contribution in [0.1, 0.15) is 17.5 Å². The van der Waals surface area contributed by atoms with Crippen LogP contribution in [-0.2, 0) is 22.6 Å². The van der Waals surface area contributed by atoms with E-state index in [-0.39, 0.29) is 23.7 Å². The lowest BCUT2D eigenvalue weighted by molar-refractivity contribution is -0.135. The largest absolute Gasteiger partial charge is 0.493 e. The van der Waals surface area contributed by atoms with Crippen molar-refractivity contribution in [2.45, 2.75) is 19.4 Å². The lowest BCUT2D eigenvalue weighted by atomic mass is 9.98. The van der Waals surface area contributed by atoms with Crippen molar-refractivity contribution in [3.8, 4) is 11.5 Å². The van der Waals surface area contributed by atoms with Gasteiger partial charge in [-0.2, -0.15) is 0 Å².